The lowest BCUT2D eigenvalue weighted by Crippen LogP contribution is -2.25. The van der Waals surface area contributed by atoms with Crippen molar-refractivity contribution in [3.63, 3.8) is 0 Å². The van der Waals surface area contributed by atoms with E-state index in [1.54, 1.807) is 35.9 Å². The van der Waals surface area contributed by atoms with E-state index in [-0.39, 0.29) is 35.0 Å². The predicted octanol–water partition coefficient (Wildman–Crippen LogP) is 4.15. The van der Waals surface area contributed by atoms with Crippen LogP contribution in [-0.4, -0.2) is 44.4 Å². The third-order valence-electron chi connectivity index (χ3n) is 5.57. The van der Waals surface area contributed by atoms with Crippen molar-refractivity contribution in [1.29, 1.82) is 0 Å². The molecule has 0 aliphatic heterocycles. The summed E-state index contributed by atoms with van der Waals surface area (Å²) in [4.78, 5) is 36.1. The molecule has 38 heavy (non-hydrogen) atoms. The number of carbonyl (C=O) groups excluding carboxylic acids is 2. The Labute approximate surface area is 222 Å². The van der Waals surface area contributed by atoms with Gasteiger partial charge >= 0.3 is 0 Å². The van der Waals surface area contributed by atoms with Crippen molar-refractivity contribution in [1.82, 2.24) is 20.1 Å². The molecule has 0 atom stereocenters. The van der Waals surface area contributed by atoms with E-state index in [0.29, 0.717) is 22.4 Å². The fourth-order valence-corrected chi connectivity index (χ4v) is 4.44. The van der Waals surface area contributed by atoms with Crippen LogP contribution in [0.4, 0.5) is 11.4 Å². The molecule has 4 rings (SSSR count). The first kappa shape index (κ1) is 26.4. The summed E-state index contributed by atoms with van der Waals surface area (Å²) in [5.41, 5.74) is 1.75. The van der Waals surface area contributed by atoms with Gasteiger partial charge in [-0.3, -0.25) is 24.3 Å². The number of hydrogen-bond donors (Lipinski definition) is 2. The highest BCUT2D eigenvalue weighted by atomic mass is 32.2. The maximum atomic E-state index is 12.8. The van der Waals surface area contributed by atoms with Crippen LogP contribution in [0.2, 0.25) is 0 Å². The van der Waals surface area contributed by atoms with Gasteiger partial charge in [0.1, 0.15) is 5.75 Å². The van der Waals surface area contributed by atoms with Gasteiger partial charge in [-0.2, -0.15) is 0 Å². The molecule has 3 aromatic carbocycles. The summed E-state index contributed by atoms with van der Waals surface area (Å²) < 4.78 is 6.89. The summed E-state index contributed by atoms with van der Waals surface area (Å²) in [6, 6.07) is 20.7. The zero-order valence-corrected chi connectivity index (χ0v) is 21.4. The molecule has 2 N–H and O–H groups in total. The van der Waals surface area contributed by atoms with Gasteiger partial charge in [0.25, 0.3) is 11.6 Å². The van der Waals surface area contributed by atoms with Crippen LogP contribution in [-0.2, 0) is 11.3 Å². The molecule has 0 bridgehead atoms. The van der Waals surface area contributed by atoms with Gasteiger partial charge in [-0.1, -0.05) is 36.0 Å². The first-order chi connectivity index (χ1) is 18.4. The van der Waals surface area contributed by atoms with Gasteiger partial charge in [0, 0.05) is 28.6 Å². The number of rotatable bonds is 10. The number of benzene rings is 3. The van der Waals surface area contributed by atoms with E-state index in [2.05, 4.69) is 20.8 Å². The lowest BCUT2D eigenvalue weighted by atomic mass is 10.1. The highest BCUT2D eigenvalue weighted by molar-refractivity contribution is 7.99. The molecule has 0 saturated heterocycles. The molecule has 1 heterocycles. The van der Waals surface area contributed by atoms with Crippen LogP contribution in [0, 0.1) is 17.0 Å². The van der Waals surface area contributed by atoms with Gasteiger partial charge in [0.05, 0.1) is 24.3 Å². The van der Waals surface area contributed by atoms with E-state index in [1.165, 1.54) is 36.9 Å². The summed E-state index contributed by atoms with van der Waals surface area (Å²) in [5.74, 6) is 0.510. The summed E-state index contributed by atoms with van der Waals surface area (Å²) in [5, 5.41) is 25.8. The minimum Gasteiger partial charge on any atom is -0.497 e. The number of hydrogen-bond acceptors (Lipinski definition) is 8. The van der Waals surface area contributed by atoms with Crippen molar-refractivity contribution in [2.75, 3.05) is 18.2 Å². The maximum absolute atomic E-state index is 12.8. The van der Waals surface area contributed by atoms with Crippen molar-refractivity contribution < 1.29 is 19.2 Å². The molecule has 4 aromatic rings. The molecular formula is C26H24N6O5S. The minimum absolute atomic E-state index is 0.0153. The SMILES string of the molecule is COc1ccc(NC(=O)CSc2nnc(CNC(=O)c3cccc([N+](=O)[O-])c3C)n2-c2ccccc2)cc1. The smallest absolute Gasteiger partial charge is 0.273 e. The molecule has 0 radical (unpaired) electrons. The fourth-order valence-electron chi connectivity index (χ4n) is 3.67. The Kier molecular flexibility index (Phi) is 8.34. The van der Waals surface area contributed by atoms with E-state index >= 15 is 0 Å². The highest BCUT2D eigenvalue weighted by Crippen LogP contribution is 2.24. The van der Waals surface area contributed by atoms with E-state index < -0.39 is 10.8 Å². The average molecular weight is 533 g/mol. The number of nitrogens with zero attached hydrogens (tertiary/aromatic N) is 4. The Hall–Kier alpha value is -4.71. The number of ether oxygens (including phenoxy) is 1. The van der Waals surface area contributed by atoms with Crippen LogP contribution < -0.4 is 15.4 Å². The molecule has 12 heteroatoms. The molecule has 0 fully saturated rings. The molecule has 1 aromatic heterocycles. The lowest BCUT2D eigenvalue weighted by Gasteiger charge is -2.12. The second-order valence-corrected chi connectivity index (χ2v) is 8.97. The quantitative estimate of drug-likeness (QED) is 0.176. The summed E-state index contributed by atoms with van der Waals surface area (Å²) in [7, 11) is 1.57. The Morgan fingerprint density at radius 3 is 2.45 bits per heavy atom. The molecule has 0 aliphatic carbocycles. The van der Waals surface area contributed by atoms with Crippen LogP contribution in [0.3, 0.4) is 0 Å². The Balaban J connectivity index is 1.48. The largest absolute Gasteiger partial charge is 0.497 e. The van der Waals surface area contributed by atoms with Crippen LogP contribution in [0.25, 0.3) is 5.69 Å². The summed E-state index contributed by atoms with van der Waals surface area (Å²) in [6.45, 7) is 1.55. The minimum atomic E-state index is -0.521. The number of methoxy groups -OCH3 is 1. The number of para-hydroxylation sites is 1. The van der Waals surface area contributed by atoms with E-state index in [9.17, 15) is 19.7 Å². The van der Waals surface area contributed by atoms with Crippen molar-refractivity contribution >= 4 is 35.0 Å². The standard InChI is InChI=1S/C26H24N6O5S/c1-17-21(9-6-10-22(17)32(35)36)25(34)27-15-23-29-30-26(31(23)19-7-4-3-5-8-19)38-16-24(33)28-18-11-13-20(37-2)14-12-18/h3-14H,15-16H2,1-2H3,(H,27,34)(H,28,33). The Morgan fingerprint density at radius 1 is 1.03 bits per heavy atom. The molecule has 11 nitrogen and oxygen atoms in total. The zero-order valence-electron chi connectivity index (χ0n) is 20.6. The number of anilines is 1. The molecule has 194 valence electrons. The van der Waals surface area contributed by atoms with E-state index in [0.717, 1.165) is 5.69 Å². The molecule has 0 unspecified atom stereocenters. The third-order valence-corrected chi connectivity index (χ3v) is 6.50. The topological polar surface area (TPSA) is 141 Å². The second kappa shape index (κ2) is 12.0. The molecule has 0 spiro atoms. The normalized spacial score (nSPS) is 10.6. The molecule has 2 amide bonds. The van der Waals surface area contributed by atoms with Gasteiger partial charge < -0.3 is 15.4 Å². The summed E-state index contributed by atoms with van der Waals surface area (Å²) in [6.07, 6.45) is 0. The Bertz CT molecular complexity index is 1460. The molecule has 0 saturated carbocycles. The highest BCUT2D eigenvalue weighted by Gasteiger charge is 2.20. The van der Waals surface area contributed by atoms with Crippen LogP contribution >= 0.6 is 11.8 Å². The average Bonchev–Trinajstić information content (AvgIpc) is 3.34. The first-order valence-electron chi connectivity index (χ1n) is 11.5. The van der Waals surface area contributed by atoms with Gasteiger partial charge in [-0.15, -0.1) is 10.2 Å². The van der Waals surface area contributed by atoms with Crippen LogP contribution in [0.1, 0.15) is 21.7 Å². The molecular weight excluding hydrogens is 508 g/mol. The van der Waals surface area contributed by atoms with Gasteiger partial charge in [0.2, 0.25) is 5.91 Å². The lowest BCUT2D eigenvalue weighted by molar-refractivity contribution is -0.385. The number of thioether (sulfide) groups is 1. The van der Waals surface area contributed by atoms with Crippen molar-refractivity contribution in [3.8, 4) is 11.4 Å². The predicted molar refractivity (Wildman–Crippen MR) is 143 cm³/mol. The third kappa shape index (κ3) is 6.16. The van der Waals surface area contributed by atoms with Crippen molar-refractivity contribution in [2.24, 2.45) is 0 Å². The van der Waals surface area contributed by atoms with E-state index in [1.807, 2.05) is 30.3 Å². The van der Waals surface area contributed by atoms with Crippen LogP contribution in [0.15, 0.2) is 78.0 Å². The monoisotopic (exact) mass is 532 g/mol. The number of nitro benzene ring substituents is 1. The van der Waals surface area contributed by atoms with Crippen molar-refractivity contribution in [2.45, 2.75) is 18.6 Å². The van der Waals surface area contributed by atoms with Gasteiger partial charge in [-0.25, -0.2) is 0 Å². The fraction of sp³-hybridized carbons (Fsp3) is 0.154. The number of aromatic nitrogens is 3. The van der Waals surface area contributed by atoms with Crippen LogP contribution in [0.5, 0.6) is 5.75 Å². The zero-order chi connectivity index (χ0) is 27.1. The summed E-state index contributed by atoms with van der Waals surface area (Å²) >= 11 is 1.20. The first-order valence-corrected chi connectivity index (χ1v) is 12.4. The number of nitro groups is 1. The number of carbonyl (C=O) groups is 2. The molecule has 0 aliphatic rings. The number of amides is 2. The Morgan fingerprint density at radius 2 is 1.76 bits per heavy atom. The maximum Gasteiger partial charge on any atom is 0.273 e. The second-order valence-electron chi connectivity index (χ2n) is 8.02. The van der Waals surface area contributed by atoms with Gasteiger partial charge in [-0.05, 0) is 49.4 Å². The van der Waals surface area contributed by atoms with Gasteiger partial charge in [0.15, 0.2) is 11.0 Å². The van der Waals surface area contributed by atoms with Crippen molar-refractivity contribution in [3.05, 3.63) is 99.9 Å². The van der Waals surface area contributed by atoms with E-state index in [4.69, 9.17) is 4.74 Å². The number of nitrogens with one attached hydrogen (secondary N) is 2.